The quantitative estimate of drug-likeness (QED) is 0.911. The van der Waals surface area contributed by atoms with Gasteiger partial charge in [0.2, 0.25) is 5.60 Å². The third-order valence-corrected chi connectivity index (χ3v) is 3.71. The van der Waals surface area contributed by atoms with Crippen molar-refractivity contribution in [2.75, 3.05) is 6.61 Å². The van der Waals surface area contributed by atoms with E-state index < -0.39 is 11.8 Å². The van der Waals surface area contributed by atoms with E-state index in [1.165, 1.54) is 18.2 Å². The van der Waals surface area contributed by atoms with Gasteiger partial charge in [-0.05, 0) is 30.2 Å². The van der Waals surface area contributed by atoms with E-state index >= 15 is 0 Å². The number of hydrogen-bond acceptors (Lipinski definition) is 2. The van der Waals surface area contributed by atoms with Crippen LogP contribution in [-0.2, 0) is 5.60 Å². The summed E-state index contributed by atoms with van der Waals surface area (Å²) in [6, 6.07) is 10.5. The molecule has 1 unspecified atom stereocenters. The first kappa shape index (κ1) is 13.9. The van der Waals surface area contributed by atoms with Crippen molar-refractivity contribution in [3.63, 3.8) is 0 Å². The molecule has 0 aromatic heterocycles. The summed E-state index contributed by atoms with van der Waals surface area (Å²) < 4.78 is 45.8. The summed E-state index contributed by atoms with van der Waals surface area (Å²) in [5.41, 5.74) is -2.53. The molecule has 2 aromatic carbocycles. The molecule has 1 aliphatic rings. The Bertz CT molecular complexity index is 694. The lowest BCUT2D eigenvalue weighted by Crippen LogP contribution is -2.41. The second-order valence-corrected chi connectivity index (χ2v) is 4.89. The van der Waals surface area contributed by atoms with Gasteiger partial charge in [0.05, 0.1) is 6.61 Å². The smallest absolute Gasteiger partial charge is 0.425 e. The van der Waals surface area contributed by atoms with Crippen LogP contribution in [-0.4, -0.2) is 17.9 Å². The average molecular weight is 294 g/mol. The Balaban J connectivity index is 2.30. The number of halogens is 3. The van der Waals surface area contributed by atoms with Gasteiger partial charge in [-0.25, -0.2) is 0 Å². The predicted molar refractivity (Wildman–Crippen MR) is 72.1 cm³/mol. The molecule has 0 saturated carbocycles. The Labute approximate surface area is 119 Å². The molecular formula is C16H13F3O2. The summed E-state index contributed by atoms with van der Waals surface area (Å²) in [7, 11) is 0. The van der Waals surface area contributed by atoms with Crippen LogP contribution in [0.1, 0.15) is 18.1 Å². The van der Waals surface area contributed by atoms with Crippen molar-refractivity contribution < 1.29 is 23.0 Å². The monoisotopic (exact) mass is 294 g/mol. The Kier molecular flexibility index (Phi) is 2.99. The zero-order valence-electron chi connectivity index (χ0n) is 11.2. The van der Waals surface area contributed by atoms with Crippen LogP contribution in [0.5, 0.6) is 5.75 Å². The minimum atomic E-state index is -4.81. The lowest BCUT2D eigenvalue weighted by molar-refractivity contribution is -0.246. The SMILES string of the molecule is CCOc1ccc2c(c1)C(O)(C(F)(F)F)c1ccccc1-2. The van der Waals surface area contributed by atoms with E-state index in [0.717, 1.165) is 0 Å². The van der Waals surface area contributed by atoms with E-state index in [4.69, 9.17) is 4.74 Å². The lowest BCUT2D eigenvalue weighted by Gasteiger charge is -2.28. The summed E-state index contributed by atoms with van der Waals surface area (Å²) in [6.07, 6.45) is -4.81. The van der Waals surface area contributed by atoms with Gasteiger partial charge in [-0.1, -0.05) is 30.3 Å². The Morgan fingerprint density at radius 1 is 1.05 bits per heavy atom. The van der Waals surface area contributed by atoms with Gasteiger partial charge in [0, 0.05) is 11.1 Å². The summed E-state index contributed by atoms with van der Waals surface area (Å²) in [4.78, 5) is 0. The standard InChI is InChI=1S/C16H13F3O2/c1-2-21-10-7-8-12-11-5-3-4-6-13(11)15(20,14(12)9-10)16(17,18)19/h3-9,20H,2H2,1H3. The van der Waals surface area contributed by atoms with Gasteiger partial charge in [-0.2, -0.15) is 13.2 Å². The molecule has 1 atom stereocenters. The third kappa shape index (κ3) is 1.84. The van der Waals surface area contributed by atoms with Gasteiger partial charge in [0.1, 0.15) is 5.75 Å². The van der Waals surface area contributed by atoms with Crippen LogP contribution >= 0.6 is 0 Å². The maximum absolute atomic E-state index is 13.5. The third-order valence-electron chi connectivity index (χ3n) is 3.71. The molecule has 110 valence electrons. The molecule has 0 heterocycles. The van der Waals surface area contributed by atoms with Crippen LogP contribution in [0.25, 0.3) is 11.1 Å². The van der Waals surface area contributed by atoms with Crippen molar-refractivity contribution in [1.82, 2.24) is 0 Å². The number of benzene rings is 2. The number of ether oxygens (including phenoxy) is 1. The predicted octanol–water partition coefficient (Wildman–Crippen LogP) is 3.86. The second kappa shape index (κ2) is 4.49. The van der Waals surface area contributed by atoms with Crippen molar-refractivity contribution in [2.24, 2.45) is 0 Å². The molecule has 0 bridgehead atoms. The molecular weight excluding hydrogens is 281 g/mol. The first-order valence-corrected chi connectivity index (χ1v) is 6.56. The summed E-state index contributed by atoms with van der Waals surface area (Å²) in [5.74, 6) is 0.312. The first-order chi connectivity index (χ1) is 9.89. The van der Waals surface area contributed by atoms with Crippen LogP contribution in [0.3, 0.4) is 0 Å². The summed E-state index contributed by atoms with van der Waals surface area (Å²) in [6.45, 7) is 2.09. The summed E-state index contributed by atoms with van der Waals surface area (Å²) >= 11 is 0. The molecule has 0 aliphatic heterocycles. The zero-order chi connectivity index (χ0) is 15.3. The molecule has 1 N–H and O–H groups in total. The molecule has 0 amide bonds. The maximum Gasteiger partial charge on any atom is 0.425 e. The fourth-order valence-electron chi connectivity index (χ4n) is 2.80. The number of rotatable bonds is 2. The number of hydrogen-bond donors (Lipinski definition) is 1. The molecule has 0 radical (unpaired) electrons. The van der Waals surface area contributed by atoms with Crippen LogP contribution in [0.2, 0.25) is 0 Å². The molecule has 0 spiro atoms. The van der Waals surface area contributed by atoms with Crippen molar-refractivity contribution in [3.05, 3.63) is 53.6 Å². The van der Waals surface area contributed by atoms with E-state index in [1.54, 1.807) is 31.2 Å². The van der Waals surface area contributed by atoms with E-state index in [0.29, 0.717) is 23.5 Å². The lowest BCUT2D eigenvalue weighted by atomic mass is 9.91. The van der Waals surface area contributed by atoms with E-state index in [9.17, 15) is 18.3 Å². The highest BCUT2D eigenvalue weighted by molar-refractivity contribution is 5.81. The zero-order valence-corrected chi connectivity index (χ0v) is 11.2. The largest absolute Gasteiger partial charge is 0.494 e. The Morgan fingerprint density at radius 2 is 1.71 bits per heavy atom. The topological polar surface area (TPSA) is 29.5 Å². The number of alkyl halides is 3. The van der Waals surface area contributed by atoms with Gasteiger partial charge in [0.15, 0.2) is 0 Å². The average Bonchev–Trinajstić information content (AvgIpc) is 2.70. The van der Waals surface area contributed by atoms with Crippen molar-refractivity contribution in [1.29, 1.82) is 0 Å². The van der Waals surface area contributed by atoms with Crippen molar-refractivity contribution in [3.8, 4) is 16.9 Å². The minimum Gasteiger partial charge on any atom is -0.494 e. The van der Waals surface area contributed by atoms with Crippen molar-refractivity contribution in [2.45, 2.75) is 18.7 Å². The Hall–Kier alpha value is -2.01. The van der Waals surface area contributed by atoms with Gasteiger partial charge < -0.3 is 9.84 Å². The van der Waals surface area contributed by atoms with E-state index in [-0.39, 0.29) is 11.1 Å². The molecule has 2 nitrogen and oxygen atoms in total. The highest BCUT2D eigenvalue weighted by Crippen LogP contribution is 2.55. The highest BCUT2D eigenvalue weighted by atomic mass is 19.4. The maximum atomic E-state index is 13.5. The van der Waals surface area contributed by atoms with Gasteiger partial charge >= 0.3 is 6.18 Å². The fourth-order valence-corrected chi connectivity index (χ4v) is 2.80. The molecule has 1 aliphatic carbocycles. The van der Waals surface area contributed by atoms with Gasteiger partial charge in [0.25, 0.3) is 0 Å². The second-order valence-electron chi connectivity index (χ2n) is 4.89. The molecule has 2 aromatic rings. The summed E-state index contributed by atoms with van der Waals surface area (Å²) in [5, 5.41) is 10.4. The van der Waals surface area contributed by atoms with E-state index in [1.807, 2.05) is 0 Å². The number of aliphatic hydroxyl groups is 1. The van der Waals surface area contributed by atoms with Crippen LogP contribution in [0.4, 0.5) is 13.2 Å². The molecule has 5 heteroatoms. The fraction of sp³-hybridized carbons (Fsp3) is 0.250. The van der Waals surface area contributed by atoms with Crippen LogP contribution < -0.4 is 4.74 Å². The molecule has 0 saturated heterocycles. The molecule has 21 heavy (non-hydrogen) atoms. The normalized spacial score (nSPS) is 20.0. The first-order valence-electron chi connectivity index (χ1n) is 6.56. The highest BCUT2D eigenvalue weighted by Gasteiger charge is 2.60. The van der Waals surface area contributed by atoms with E-state index in [2.05, 4.69) is 0 Å². The van der Waals surface area contributed by atoms with Gasteiger partial charge in [-0.15, -0.1) is 0 Å². The van der Waals surface area contributed by atoms with Crippen LogP contribution in [0, 0.1) is 0 Å². The van der Waals surface area contributed by atoms with Crippen molar-refractivity contribution >= 4 is 0 Å². The van der Waals surface area contributed by atoms with Crippen LogP contribution in [0.15, 0.2) is 42.5 Å². The minimum absolute atomic E-state index is 0.138. The van der Waals surface area contributed by atoms with Gasteiger partial charge in [-0.3, -0.25) is 0 Å². The molecule has 3 rings (SSSR count). The number of fused-ring (bicyclic) bond motifs is 3. The molecule has 0 fully saturated rings. The Morgan fingerprint density at radius 3 is 2.38 bits per heavy atom.